The molecule has 0 aliphatic rings. The highest BCUT2D eigenvalue weighted by Crippen LogP contribution is 2.15. The number of ether oxygens (including phenoxy) is 1. The maximum absolute atomic E-state index is 12.9. The Hall–Kier alpha value is -2.04. The summed E-state index contributed by atoms with van der Waals surface area (Å²) >= 11 is 0. The highest BCUT2D eigenvalue weighted by molar-refractivity contribution is 5.25. The summed E-state index contributed by atoms with van der Waals surface area (Å²) in [5.41, 5.74) is 6.55. The number of hydrogen-bond acceptors (Lipinski definition) is 3. The molecule has 1 aromatic carbocycles. The Bertz CT molecular complexity index is 510. The predicted molar refractivity (Wildman–Crippen MR) is 63.0 cm³/mol. The Morgan fingerprint density at radius 2 is 2.29 bits per heavy atom. The Labute approximate surface area is 98.8 Å². The van der Waals surface area contributed by atoms with Crippen molar-refractivity contribution in [1.82, 2.24) is 9.55 Å². The van der Waals surface area contributed by atoms with Crippen LogP contribution in [0.25, 0.3) is 0 Å². The third-order valence-corrected chi connectivity index (χ3v) is 2.47. The number of hydrogen-bond donors (Lipinski definition) is 1. The van der Waals surface area contributed by atoms with Gasteiger partial charge in [-0.05, 0) is 19.1 Å². The van der Waals surface area contributed by atoms with Gasteiger partial charge in [-0.15, -0.1) is 0 Å². The molecule has 2 rings (SSSR count). The molecular formula is C12H14FN3O. The Morgan fingerprint density at radius 3 is 3.00 bits per heavy atom. The maximum Gasteiger partial charge on any atom is 0.200 e. The number of anilines is 1. The summed E-state index contributed by atoms with van der Waals surface area (Å²) < 4.78 is 20.2. The van der Waals surface area contributed by atoms with Gasteiger partial charge in [0.25, 0.3) is 0 Å². The monoisotopic (exact) mass is 235 g/mol. The first-order chi connectivity index (χ1) is 8.20. The summed E-state index contributed by atoms with van der Waals surface area (Å²) in [5.74, 6) is 0.642. The van der Waals surface area contributed by atoms with Gasteiger partial charge in [0, 0.05) is 12.6 Å². The van der Waals surface area contributed by atoms with Crippen molar-refractivity contribution in [3.63, 3.8) is 0 Å². The zero-order chi connectivity index (χ0) is 12.3. The summed E-state index contributed by atoms with van der Waals surface area (Å²) in [7, 11) is 0. The smallest absolute Gasteiger partial charge is 0.200 e. The highest BCUT2D eigenvalue weighted by Gasteiger charge is 2.06. The fourth-order valence-electron chi connectivity index (χ4n) is 1.62. The summed E-state index contributed by atoms with van der Waals surface area (Å²) in [4.78, 5) is 4.00. The molecule has 0 amide bonds. The van der Waals surface area contributed by atoms with Crippen molar-refractivity contribution in [2.24, 2.45) is 0 Å². The SMILES string of the molecule is CCn1c(COc2cccc(F)c2)cnc1N. The molecule has 2 N–H and O–H groups in total. The van der Waals surface area contributed by atoms with Crippen LogP contribution in [-0.4, -0.2) is 9.55 Å². The van der Waals surface area contributed by atoms with E-state index < -0.39 is 0 Å². The van der Waals surface area contributed by atoms with Crippen molar-refractivity contribution in [3.05, 3.63) is 42.0 Å². The van der Waals surface area contributed by atoms with Gasteiger partial charge in [0.15, 0.2) is 5.95 Å². The van der Waals surface area contributed by atoms with Crippen LogP contribution in [0.4, 0.5) is 10.3 Å². The van der Waals surface area contributed by atoms with Crippen LogP contribution in [0, 0.1) is 5.82 Å². The third-order valence-electron chi connectivity index (χ3n) is 2.47. The Balaban J connectivity index is 2.07. The molecule has 90 valence electrons. The molecule has 17 heavy (non-hydrogen) atoms. The molecule has 4 nitrogen and oxygen atoms in total. The molecular weight excluding hydrogens is 221 g/mol. The van der Waals surface area contributed by atoms with Gasteiger partial charge in [-0.25, -0.2) is 9.37 Å². The van der Waals surface area contributed by atoms with Gasteiger partial charge in [-0.2, -0.15) is 0 Å². The topological polar surface area (TPSA) is 53.1 Å². The van der Waals surface area contributed by atoms with Crippen LogP contribution < -0.4 is 10.5 Å². The number of aromatic nitrogens is 2. The van der Waals surface area contributed by atoms with Crippen molar-refractivity contribution in [2.45, 2.75) is 20.1 Å². The molecule has 5 heteroatoms. The molecule has 0 aliphatic heterocycles. The van der Waals surface area contributed by atoms with Gasteiger partial charge >= 0.3 is 0 Å². The van der Waals surface area contributed by atoms with Crippen molar-refractivity contribution >= 4 is 5.95 Å². The minimum Gasteiger partial charge on any atom is -0.487 e. The van der Waals surface area contributed by atoms with Crippen LogP contribution in [-0.2, 0) is 13.2 Å². The lowest BCUT2D eigenvalue weighted by Gasteiger charge is -2.08. The number of nitrogen functional groups attached to an aromatic ring is 1. The predicted octanol–water partition coefficient (Wildman–Crippen LogP) is 2.20. The van der Waals surface area contributed by atoms with Crippen LogP contribution in [0.1, 0.15) is 12.6 Å². The minimum atomic E-state index is -0.314. The normalized spacial score (nSPS) is 10.5. The van der Waals surface area contributed by atoms with Gasteiger partial charge in [0.1, 0.15) is 18.2 Å². The number of imidazole rings is 1. The van der Waals surface area contributed by atoms with E-state index in [0.29, 0.717) is 18.3 Å². The maximum atomic E-state index is 12.9. The second-order valence-electron chi connectivity index (χ2n) is 3.60. The molecule has 0 saturated carbocycles. The van der Waals surface area contributed by atoms with E-state index in [9.17, 15) is 4.39 Å². The molecule has 1 aromatic heterocycles. The van der Waals surface area contributed by atoms with Crippen LogP contribution in [0.5, 0.6) is 5.75 Å². The van der Waals surface area contributed by atoms with Gasteiger partial charge in [-0.3, -0.25) is 0 Å². The second-order valence-corrected chi connectivity index (χ2v) is 3.60. The lowest BCUT2D eigenvalue weighted by molar-refractivity contribution is 0.294. The number of benzene rings is 1. The molecule has 1 heterocycles. The standard InChI is InChI=1S/C12H14FN3O/c1-2-16-10(7-15-12(16)14)8-17-11-5-3-4-9(13)6-11/h3-7H,2,8H2,1H3,(H2,14,15). The van der Waals surface area contributed by atoms with Crippen molar-refractivity contribution in [3.8, 4) is 5.75 Å². The van der Waals surface area contributed by atoms with E-state index in [4.69, 9.17) is 10.5 Å². The van der Waals surface area contributed by atoms with E-state index in [1.54, 1.807) is 18.3 Å². The van der Waals surface area contributed by atoms with Crippen LogP contribution in [0.15, 0.2) is 30.5 Å². The van der Waals surface area contributed by atoms with Gasteiger partial charge < -0.3 is 15.0 Å². The van der Waals surface area contributed by atoms with E-state index in [0.717, 1.165) is 12.2 Å². The molecule has 0 fully saturated rings. The second kappa shape index (κ2) is 4.86. The molecule has 0 unspecified atom stereocenters. The van der Waals surface area contributed by atoms with Crippen molar-refractivity contribution < 1.29 is 9.13 Å². The average molecular weight is 235 g/mol. The first-order valence-corrected chi connectivity index (χ1v) is 5.39. The molecule has 0 bridgehead atoms. The van der Waals surface area contributed by atoms with Gasteiger partial charge in [-0.1, -0.05) is 6.07 Å². The lowest BCUT2D eigenvalue weighted by Crippen LogP contribution is -2.07. The third kappa shape index (κ3) is 2.55. The van der Waals surface area contributed by atoms with E-state index in [-0.39, 0.29) is 5.82 Å². The zero-order valence-corrected chi connectivity index (χ0v) is 9.56. The summed E-state index contributed by atoms with van der Waals surface area (Å²) in [5, 5.41) is 0. The fraction of sp³-hybridized carbons (Fsp3) is 0.250. The number of halogens is 1. The van der Waals surface area contributed by atoms with Gasteiger partial charge in [0.05, 0.1) is 11.9 Å². The quantitative estimate of drug-likeness (QED) is 0.883. The van der Waals surface area contributed by atoms with Crippen LogP contribution in [0.3, 0.4) is 0 Å². The van der Waals surface area contributed by atoms with Crippen LogP contribution in [0.2, 0.25) is 0 Å². The Kier molecular flexibility index (Phi) is 3.27. The van der Waals surface area contributed by atoms with Crippen LogP contribution >= 0.6 is 0 Å². The molecule has 0 radical (unpaired) electrons. The summed E-state index contributed by atoms with van der Waals surface area (Å²) in [6, 6.07) is 6.03. The largest absolute Gasteiger partial charge is 0.487 e. The molecule has 0 saturated heterocycles. The first-order valence-electron chi connectivity index (χ1n) is 5.39. The van der Waals surface area contributed by atoms with Crippen molar-refractivity contribution in [2.75, 3.05) is 5.73 Å². The molecule has 0 aliphatic carbocycles. The summed E-state index contributed by atoms with van der Waals surface area (Å²) in [6.07, 6.45) is 1.66. The number of nitrogens with two attached hydrogens (primary N) is 1. The molecule has 0 atom stereocenters. The fourth-order valence-corrected chi connectivity index (χ4v) is 1.62. The Morgan fingerprint density at radius 1 is 1.47 bits per heavy atom. The molecule has 2 aromatic rings. The summed E-state index contributed by atoms with van der Waals surface area (Å²) in [6.45, 7) is 3.03. The molecule has 0 spiro atoms. The minimum absolute atomic E-state index is 0.314. The first kappa shape index (κ1) is 11.4. The van der Waals surface area contributed by atoms with E-state index in [1.165, 1.54) is 12.1 Å². The van der Waals surface area contributed by atoms with E-state index in [2.05, 4.69) is 4.98 Å². The van der Waals surface area contributed by atoms with Crippen molar-refractivity contribution in [1.29, 1.82) is 0 Å². The average Bonchev–Trinajstić information content (AvgIpc) is 2.67. The number of rotatable bonds is 4. The zero-order valence-electron chi connectivity index (χ0n) is 9.56. The highest BCUT2D eigenvalue weighted by atomic mass is 19.1. The van der Waals surface area contributed by atoms with Gasteiger partial charge in [0.2, 0.25) is 0 Å². The lowest BCUT2D eigenvalue weighted by atomic mass is 10.3. The van der Waals surface area contributed by atoms with E-state index in [1.807, 2.05) is 11.5 Å². The van der Waals surface area contributed by atoms with E-state index >= 15 is 0 Å². The number of nitrogens with zero attached hydrogens (tertiary/aromatic N) is 2.